The van der Waals surface area contributed by atoms with Crippen molar-refractivity contribution >= 4 is 5.97 Å². The number of hydrogen-bond acceptors (Lipinski definition) is 2. The van der Waals surface area contributed by atoms with Gasteiger partial charge >= 0.3 is 5.97 Å². The largest absolute Gasteiger partial charge is 0.434 e. The van der Waals surface area contributed by atoms with E-state index in [2.05, 4.69) is 4.74 Å². The van der Waals surface area contributed by atoms with E-state index in [1.54, 1.807) is 6.26 Å². The molecular weight excluding hydrogens is 104 g/mol. The highest BCUT2D eigenvalue weighted by Gasteiger charge is 2.11. The average Bonchev–Trinajstić information content (AvgIpc) is 2.14. The molecule has 1 aliphatic heterocycles. The van der Waals surface area contributed by atoms with Crippen molar-refractivity contribution in [1.29, 1.82) is 0 Å². The Hall–Kier alpha value is -0.790. The van der Waals surface area contributed by atoms with Crippen LogP contribution in [0, 0.1) is 0 Å². The second-order valence-electron chi connectivity index (χ2n) is 1.80. The van der Waals surface area contributed by atoms with Gasteiger partial charge in [-0.1, -0.05) is 6.92 Å². The number of hydrogen-bond donors (Lipinski definition) is 0. The highest BCUT2D eigenvalue weighted by molar-refractivity contribution is 5.75. The lowest BCUT2D eigenvalue weighted by Crippen LogP contribution is -1.89. The second-order valence-corrected chi connectivity index (χ2v) is 1.80. The zero-order chi connectivity index (χ0) is 5.98. The Morgan fingerprint density at radius 1 is 1.88 bits per heavy atom. The van der Waals surface area contributed by atoms with Gasteiger partial charge in [-0.05, 0) is 12.0 Å². The van der Waals surface area contributed by atoms with Crippen molar-refractivity contribution in [2.45, 2.75) is 19.8 Å². The number of carbonyl (C=O) groups excluding carboxylic acids is 1. The van der Waals surface area contributed by atoms with Crippen LogP contribution >= 0.6 is 0 Å². The molecule has 0 spiro atoms. The standard InChI is InChI=1S/C6H8O2/c1-2-5-3-6(7)8-4-5/h4H,2-3H2,1H3. The van der Waals surface area contributed by atoms with Crippen LogP contribution in [-0.2, 0) is 9.53 Å². The van der Waals surface area contributed by atoms with Gasteiger partial charge in [0.25, 0.3) is 0 Å². The summed E-state index contributed by atoms with van der Waals surface area (Å²) in [6.45, 7) is 2.01. The zero-order valence-electron chi connectivity index (χ0n) is 4.81. The van der Waals surface area contributed by atoms with E-state index in [0.717, 1.165) is 12.0 Å². The Balaban J connectivity index is 2.49. The topological polar surface area (TPSA) is 26.3 Å². The maximum Gasteiger partial charge on any atom is 0.314 e. The van der Waals surface area contributed by atoms with Crippen LogP contribution in [0.15, 0.2) is 11.8 Å². The number of rotatable bonds is 1. The monoisotopic (exact) mass is 112 g/mol. The summed E-state index contributed by atoms with van der Waals surface area (Å²) in [6.07, 6.45) is 2.96. The normalized spacial score (nSPS) is 18.1. The van der Waals surface area contributed by atoms with Gasteiger partial charge in [-0.15, -0.1) is 0 Å². The Morgan fingerprint density at radius 2 is 2.62 bits per heavy atom. The molecule has 0 saturated heterocycles. The fourth-order valence-electron chi connectivity index (χ4n) is 0.626. The summed E-state index contributed by atoms with van der Waals surface area (Å²) in [4.78, 5) is 10.3. The van der Waals surface area contributed by atoms with Crippen LogP contribution in [0.25, 0.3) is 0 Å². The summed E-state index contributed by atoms with van der Waals surface area (Å²) >= 11 is 0. The van der Waals surface area contributed by atoms with Gasteiger partial charge in [-0.2, -0.15) is 0 Å². The van der Waals surface area contributed by atoms with Crippen molar-refractivity contribution in [3.05, 3.63) is 11.8 Å². The molecule has 0 atom stereocenters. The van der Waals surface area contributed by atoms with Gasteiger partial charge in [0, 0.05) is 0 Å². The molecule has 0 saturated carbocycles. The van der Waals surface area contributed by atoms with E-state index in [4.69, 9.17) is 0 Å². The molecule has 0 N–H and O–H groups in total. The van der Waals surface area contributed by atoms with E-state index in [9.17, 15) is 4.79 Å². The van der Waals surface area contributed by atoms with Crippen LogP contribution in [0.3, 0.4) is 0 Å². The van der Waals surface area contributed by atoms with Crippen LogP contribution in [0.2, 0.25) is 0 Å². The lowest BCUT2D eigenvalue weighted by molar-refractivity contribution is -0.135. The molecule has 0 bridgehead atoms. The van der Waals surface area contributed by atoms with Crippen LogP contribution < -0.4 is 0 Å². The van der Waals surface area contributed by atoms with E-state index in [1.165, 1.54) is 0 Å². The lowest BCUT2D eigenvalue weighted by Gasteiger charge is -1.83. The zero-order valence-corrected chi connectivity index (χ0v) is 4.81. The second kappa shape index (κ2) is 1.99. The molecule has 8 heavy (non-hydrogen) atoms. The fourth-order valence-corrected chi connectivity index (χ4v) is 0.626. The van der Waals surface area contributed by atoms with Gasteiger partial charge < -0.3 is 4.74 Å². The molecule has 0 aromatic carbocycles. The molecule has 44 valence electrons. The van der Waals surface area contributed by atoms with Crippen molar-refractivity contribution < 1.29 is 9.53 Å². The summed E-state index contributed by atoms with van der Waals surface area (Å²) in [5, 5.41) is 0. The van der Waals surface area contributed by atoms with Crippen LogP contribution in [0.1, 0.15) is 19.8 Å². The molecule has 0 radical (unpaired) electrons. The summed E-state index contributed by atoms with van der Waals surface area (Å²) in [6, 6.07) is 0. The van der Waals surface area contributed by atoms with Crippen molar-refractivity contribution in [2.24, 2.45) is 0 Å². The third-order valence-electron chi connectivity index (χ3n) is 1.18. The van der Waals surface area contributed by atoms with Crippen molar-refractivity contribution in [3.8, 4) is 0 Å². The summed E-state index contributed by atoms with van der Waals surface area (Å²) in [7, 11) is 0. The average molecular weight is 112 g/mol. The van der Waals surface area contributed by atoms with Gasteiger partial charge in [-0.3, -0.25) is 4.79 Å². The smallest absolute Gasteiger partial charge is 0.314 e. The Bertz CT molecular complexity index is 135. The first-order valence-corrected chi connectivity index (χ1v) is 2.70. The molecule has 2 nitrogen and oxygen atoms in total. The number of cyclic esters (lactones) is 1. The van der Waals surface area contributed by atoms with Crippen molar-refractivity contribution in [3.63, 3.8) is 0 Å². The molecule has 2 heteroatoms. The van der Waals surface area contributed by atoms with Gasteiger partial charge in [-0.25, -0.2) is 0 Å². The Kier molecular flexibility index (Phi) is 1.33. The fraction of sp³-hybridized carbons (Fsp3) is 0.500. The first kappa shape index (κ1) is 5.35. The molecular formula is C6H8O2. The van der Waals surface area contributed by atoms with E-state index >= 15 is 0 Å². The highest BCUT2D eigenvalue weighted by Crippen LogP contribution is 2.13. The maximum absolute atomic E-state index is 10.3. The first-order chi connectivity index (χ1) is 3.83. The summed E-state index contributed by atoms with van der Waals surface area (Å²) in [5.74, 6) is -0.123. The predicted octanol–water partition coefficient (Wildman–Crippen LogP) is 1.23. The Labute approximate surface area is 48.1 Å². The molecule has 1 aliphatic rings. The Morgan fingerprint density at radius 3 is 2.88 bits per heavy atom. The predicted molar refractivity (Wildman–Crippen MR) is 29.1 cm³/mol. The first-order valence-electron chi connectivity index (χ1n) is 2.70. The highest BCUT2D eigenvalue weighted by atomic mass is 16.5. The minimum atomic E-state index is -0.123. The van der Waals surface area contributed by atoms with Crippen molar-refractivity contribution in [2.75, 3.05) is 0 Å². The minimum Gasteiger partial charge on any atom is -0.434 e. The van der Waals surface area contributed by atoms with E-state index in [0.29, 0.717) is 6.42 Å². The van der Waals surface area contributed by atoms with Crippen LogP contribution in [0.5, 0.6) is 0 Å². The molecule has 0 fully saturated rings. The third kappa shape index (κ3) is 0.886. The number of ether oxygens (including phenoxy) is 1. The molecule has 1 rings (SSSR count). The molecule has 0 aromatic heterocycles. The van der Waals surface area contributed by atoms with Crippen LogP contribution in [-0.4, -0.2) is 5.97 Å². The quantitative estimate of drug-likeness (QED) is 0.477. The van der Waals surface area contributed by atoms with Gasteiger partial charge in [0.1, 0.15) is 0 Å². The van der Waals surface area contributed by atoms with E-state index < -0.39 is 0 Å². The lowest BCUT2D eigenvalue weighted by atomic mass is 10.2. The van der Waals surface area contributed by atoms with Gasteiger partial charge in [0.15, 0.2) is 0 Å². The number of esters is 1. The maximum atomic E-state index is 10.3. The SMILES string of the molecule is CCC1=COC(=O)C1. The van der Waals surface area contributed by atoms with Gasteiger partial charge in [0.05, 0.1) is 12.7 Å². The molecule has 0 aliphatic carbocycles. The van der Waals surface area contributed by atoms with Crippen molar-refractivity contribution in [1.82, 2.24) is 0 Å². The molecule has 0 unspecified atom stereocenters. The summed E-state index contributed by atoms with van der Waals surface area (Å²) < 4.78 is 4.56. The molecule has 0 aromatic rings. The van der Waals surface area contributed by atoms with Gasteiger partial charge in [0.2, 0.25) is 0 Å². The van der Waals surface area contributed by atoms with Crippen LogP contribution in [0.4, 0.5) is 0 Å². The minimum absolute atomic E-state index is 0.123. The summed E-state index contributed by atoms with van der Waals surface area (Å²) in [5.41, 5.74) is 1.09. The third-order valence-corrected chi connectivity index (χ3v) is 1.18. The molecule has 1 heterocycles. The number of carbonyl (C=O) groups is 1. The molecule has 0 amide bonds. The van der Waals surface area contributed by atoms with E-state index in [1.807, 2.05) is 6.92 Å². The van der Waals surface area contributed by atoms with E-state index in [-0.39, 0.29) is 5.97 Å².